The maximum absolute atomic E-state index is 13.1. The van der Waals surface area contributed by atoms with Gasteiger partial charge < -0.3 is 5.32 Å². The Balaban J connectivity index is 1.83. The van der Waals surface area contributed by atoms with Crippen LogP contribution in [0.4, 0.5) is 4.39 Å². The van der Waals surface area contributed by atoms with Gasteiger partial charge >= 0.3 is 0 Å². The van der Waals surface area contributed by atoms with E-state index >= 15 is 0 Å². The zero-order chi connectivity index (χ0) is 14.4. The normalized spacial score (nSPS) is 12.3. The molecule has 0 heterocycles. The van der Waals surface area contributed by atoms with Crippen molar-refractivity contribution in [1.29, 1.82) is 0 Å². The van der Waals surface area contributed by atoms with Crippen molar-refractivity contribution in [1.82, 2.24) is 5.32 Å². The largest absolute Gasteiger partial charge is 0.310 e. The summed E-state index contributed by atoms with van der Waals surface area (Å²) in [6.45, 7) is 5.14. The Morgan fingerprint density at radius 3 is 2.35 bits per heavy atom. The van der Waals surface area contributed by atoms with Crippen LogP contribution < -0.4 is 5.32 Å². The maximum Gasteiger partial charge on any atom is 0.123 e. The molecule has 1 unspecified atom stereocenters. The molecule has 0 saturated heterocycles. The fourth-order valence-electron chi connectivity index (χ4n) is 2.27. The minimum absolute atomic E-state index is 0.162. The molecule has 0 fully saturated rings. The van der Waals surface area contributed by atoms with Crippen LogP contribution in [0.2, 0.25) is 0 Å². The summed E-state index contributed by atoms with van der Waals surface area (Å²) in [5.74, 6) is -0.162. The first kappa shape index (κ1) is 14.7. The first-order valence-corrected chi connectivity index (χ1v) is 7.23. The van der Waals surface area contributed by atoms with E-state index in [1.807, 2.05) is 6.07 Å². The van der Waals surface area contributed by atoms with Crippen LogP contribution in [0.25, 0.3) is 0 Å². The molecule has 2 aromatic carbocycles. The maximum atomic E-state index is 13.1. The molecule has 2 aromatic rings. The lowest BCUT2D eigenvalue weighted by Gasteiger charge is -2.14. The molecule has 0 spiro atoms. The smallest absolute Gasteiger partial charge is 0.123 e. The number of aryl methyl sites for hydroxylation is 1. The fraction of sp³-hybridized carbons (Fsp3) is 0.333. The second-order valence-electron chi connectivity index (χ2n) is 5.29. The highest BCUT2D eigenvalue weighted by atomic mass is 19.1. The van der Waals surface area contributed by atoms with Crippen LogP contribution in [-0.2, 0) is 19.4 Å². The van der Waals surface area contributed by atoms with Gasteiger partial charge in [-0.15, -0.1) is 0 Å². The van der Waals surface area contributed by atoms with Crippen LogP contribution in [0.15, 0.2) is 48.5 Å². The van der Waals surface area contributed by atoms with Gasteiger partial charge in [0.2, 0.25) is 0 Å². The summed E-state index contributed by atoms with van der Waals surface area (Å²) in [7, 11) is 0. The molecular formula is C18H22FN. The SMILES string of the molecule is CCc1ccc(CNC(C)Cc2cccc(F)c2)cc1. The Labute approximate surface area is 120 Å². The minimum atomic E-state index is -0.162. The van der Waals surface area contributed by atoms with Gasteiger partial charge in [-0.2, -0.15) is 0 Å². The Morgan fingerprint density at radius 2 is 1.70 bits per heavy atom. The van der Waals surface area contributed by atoms with E-state index in [0.717, 1.165) is 24.9 Å². The second kappa shape index (κ2) is 7.20. The third-order valence-corrected chi connectivity index (χ3v) is 3.52. The van der Waals surface area contributed by atoms with Crippen LogP contribution >= 0.6 is 0 Å². The van der Waals surface area contributed by atoms with Crippen molar-refractivity contribution in [3.8, 4) is 0 Å². The van der Waals surface area contributed by atoms with E-state index in [9.17, 15) is 4.39 Å². The monoisotopic (exact) mass is 271 g/mol. The van der Waals surface area contributed by atoms with Crippen molar-refractivity contribution in [2.45, 2.75) is 39.3 Å². The van der Waals surface area contributed by atoms with Crippen molar-refractivity contribution in [2.24, 2.45) is 0 Å². The molecule has 0 aromatic heterocycles. The van der Waals surface area contributed by atoms with Gasteiger partial charge in [0.15, 0.2) is 0 Å². The van der Waals surface area contributed by atoms with Crippen LogP contribution in [0.3, 0.4) is 0 Å². The number of benzene rings is 2. The topological polar surface area (TPSA) is 12.0 Å². The molecule has 20 heavy (non-hydrogen) atoms. The predicted molar refractivity (Wildman–Crippen MR) is 82.2 cm³/mol. The molecule has 0 aliphatic carbocycles. The molecule has 106 valence electrons. The third-order valence-electron chi connectivity index (χ3n) is 3.52. The van der Waals surface area contributed by atoms with Crippen molar-refractivity contribution >= 4 is 0 Å². The molecule has 0 aliphatic rings. The van der Waals surface area contributed by atoms with Gasteiger partial charge in [-0.3, -0.25) is 0 Å². The Hall–Kier alpha value is -1.67. The summed E-state index contributed by atoms with van der Waals surface area (Å²) >= 11 is 0. The molecule has 0 aliphatic heterocycles. The van der Waals surface area contributed by atoms with Gasteiger partial charge in [0, 0.05) is 12.6 Å². The summed E-state index contributed by atoms with van der Waals surface area (Å²) in [6.07, 6.45) is 1.91. The summed E-state index contributed by atoms with van der Waals surface area (Å²) < 4.78 is 13.1. The summed E-state index contributed by atoms with van der Waals surface area (Å²) in [5.41, 5.74) is 3.68. The van der Waals surface area contributed by atoms with Crippen LogP contribution in [0, 0.1) is 5.82 Å². The lowest BCUT2D eigenvalue weighted by Crippen LogP contribution is -2.27. The lowest BCUT2D eigenvalue weighted by molar-refractivity contribution is 0.543. The number of rotatable bonds is 6. The predicted octanol–water partition coefficient (Wildman–Crippen LogP) is 4.11. The van der Waals surface area contributed by atoms with E-state index < -0.39 is 0 Å². The molecule has 1 N–H and O–H groups in total. The highest BCUT2D eigenvalue weighted by Crippen LogP contribution is 2.08. The van der Waals surface area contributed by atoms with E-state index in [0.29, 0.717) is 6.04 Å². The molecule has 2 rings (SSSR count). The van der Waals surface area contributed by atoms with Gasteiger partial charge in [-0.1, -0.05) is 43.3 Å². The Bertz CT molecular complexity index is 533. The van der Waals surface area contributed by atoms with Crippen molar-refractivity contribution in [3.63, 3.8) is 0 Å². The van der Waals surface area contributed by atoms with Crippen molar-refractivity contribution < 1.29 is 4.39 Å². The van der Waals surface area contributed by atoms with Crippen LogP contribution in [0.1, 0.15) is 30.5 Å². The number of hydrogen-bond donors (Lipinski definition) is 1. The first-order valence-electron chi connectivity index (χ1n) is 7.23. The molecular weight excluding hydrogens is 249 g/mol. The standard InChI is InChI=1S/C18H22FN/c1-3-15-7-9-16(10-8-15)13-20-14(2)11-17-5-4-6-18(19)12-17/h4-10,12,14,20H,3,11,13H2,1-2H3. The number of halogens is 1. The molecule has 0 saturated carbocycles. The number of nitrogens with one attached hydrogen (secondary N) is 1. The average molecular weight is 271 g/mol. The van der Waals surface area contributed by atoms with Crippen LogP contribution in [0.5, 0.6) is 0 Å². The van der Waals surface area contributed by atoms with E-state index in [1.54, 1.807) is 12.1 Å². The summed E-state index contributed by atoms with van der Waals surface area (Å²) in [4.78, 5) is 0. The molecule has 0 amide bonds. The van der Waals surface area contributed by atoms with Gasteiger partial charge in [0.1, 0.15) is 5.82 Å². The molecule has 0 bridgehead atoms. The zero-order valence-electron chi connectivity index (χ0n) is 12.2. The zero-order valence-corrected chi connectivity index (χ0v) is 12.2. The Morgan fingerprint density at radius 1 is 1.00 bits per heavy atom. The van der Waals surface area contributed by atoms with Gasteiger partial charge in [0.25, 0.3) is 0 Å². The summed E-state index contributed by atoms with van der Waals surface area (Å²) in [5, 5.41) is 3.48. The first-order chi connectivity index (χ1) is 9.67. The quantitative estimate of drug-likeness (QED) is 0.833. The van der Waals surface area contributed by atoms with E-state index in [2.05, 4.69) is 43.4 Å². The third kappa shape index (κ3) is 4.46. The Kier molecular flexibility index (Phi) is 5.31. The van der Waals surface area contributed by atoms with Crippen molar-refractivity contribution in [2.75, 3.05) is 0 Å². The molecule has 1 atom stereocenters. The molecule has 2 heteroatoms. The molecule has 1 nitrogen and oxygen atoms in total. The molecule has 0 radical (unpaired) electrons. The fourth-order valence-corrected chi connectivity index (χ4v) is 2.27. The minimum Gasteiger partial charge on any atom is -0.310 e. The van der Waals surface area contributed by atoms with Gasteiger partial charge in [0.05, 0.1) is 0 Å². The van der Waals surface area contributed by atoms with E-state index in [1.165, 1.54) is 17.2 Å². The average Bonchev–Trinajstić information content (AvgIpc) is 2.46. The van der Waals surface area contributed by atoms with Crippen molar-refractivity contribution in [3.05, 3.63) is 71.0 Å². The van der Waals surface area contributed by atoms with Crippen LogP contribution in [-0.4, -0.2) is 6.04 Å². The van der Waals surface area contributed by atoms with E-state index in [-0.39, 0.29) is 5.82 Å². The van der Waals surface area contributed by atoms with Gasteiger partial charge in [-0.05, 0) is 48.6 Å². The number of hydrogen-bond acceptors (Lipinski definition) is 1. The lowest BCUT2D eigenvalue weighted by atomic mass is 10.1. The summed E-state index contributed by atoms with van der Waals surface area (Å²) in [6, 6.07) is 15.8. The highest BCUT2D eigenvalue weighted by molar-refractivity contribution is 5.22. The van der Waals surface area contributed by atoms with E-state index in [4.69, 9.17) is 0 Å². The highest BCUT2D eigenvalue weighted by Gasteiger charge is 2.04. The van der Waals surface area contributed by atoms with Gasteiger partial charge in [-0.25, -0.2) is 4.39 Å². The second-order valence-corrected chi connectivity index (χ2v) is 5.29.